The molecule has 92 valence electrons. The van der Waals surface area contributed by atoms with Crippen LogP contribution in [0.5, 0.6) is 5.75 Å². The van der Waals surface area contributed by atoms with Crippen molar-refractivity contribution in [3.63, 3.8) is 0 Å². The molecule has 1 aromatic carbocycles. The molecule has 0 bridgehead atoms. The van der Waals surface area contributed by atoms with E-state index in [1.54, 1.807) is 6.92 Å². The largest absolute Gasteiger partial charge is 0.507 e. The minimum Gasteiger partial charge on any atom is -0.507 e. The summed E-state index contributed by atoms with van der Waals surface area (Å²) < 4.78 is 0. The molecule has 17 heavy (non-hydrogen) atoms. The molecule has 3 N–H and O–H groups in total. The molecule has 1 atom stereocenters. The van der Waals surface area contributed by atoms with Gasteiger partial charge in [-0.05, 0) is 18.6 Å². The molecule has 0 aliphatic carbocycles. The maximum Gasteiger partial charge on any atom is 0.278 e. The Morgan fingerprint density at radius 1 is 1.41 bits per heavy atom. The van der Waals surface area contributed by atoms with Gasteiger partial charge in [0.2, 0.25) is 0 Å². The number of benzene rings is 1. The lowest BCUT2D eigenvalue weighted by Crippen LogP contribution is -2.19. The number of hydroxylamine groups is 1. The van der Waals surface area contributed by atoms with E-state index in [1.807, 2.05) is 6.92 Å². The van der Waals surface area contributed by atoms with Gasteiger partial charge in [-0.2, -0.15) is 0 Å². The summed E-state index contributed by atoms with van der Waals surface area (Å²) in [5.41, 5.74) is 1.70. The van der Waals surface area contributed by atoms with Crippen LogP contribution in [-0.4, -0.2) is 22.0 Å². The Kier molecular flexibility index (Phi) is 4.23. The number of rotatable bonds is 4. The summed E-state index contributed by atoms with van der Waals surface area (Å²) in [4.78, 5) is 22.9. The molecule has 1 unspecified atom stereocenters. The lowest BCUT2D eigenvalue weighted by molar-refractivity contribution is 0.0703. The number of nitrogens with one attached hydrogen (secondary N) is 1. The molecule has 0 aromatic heterocycles. The van der Waals surface area contributed by atoms with Crippen LogP contribution in [0.25, 0.3) is 0 Å². The monoisotopic (exact) mass is 237 g/mol. The van der Waals surface area contributed by atoms with Gasteiger partial charge in [-0.1, -0.05) is 19.9 Å². The van der Waals surface area contributed by atoms with Crippen LogP contribution in [0.4, 0.5) is 0 Å². The van der Waals surface area contributed by atoms with E-state index in [-0.39, 0.29) is 23.0 Å². The zero-order valence-electron chi connectivity index (χ0n) is 9.73. The van der Waals surface area contributed by atoms with Crippen LogP contribution >= 0.6 is 0 Å². The maximum atomic E-state index is 11.8. The average Bonchev–Trinajstić information content (AvgIpc) is 2.35. The lowest BCUT2D eigenvalue weighted by atomic mass is 9.96. The first-order valence-electron chi connectivity index (χ1n) is 5.32. The second-order valence-corrected chi connectivity index (χ2v) is 3.85. The van der Waals surface area contributed by atoms with Crippen molar-refractivity contribution in [1.29, 1.82) is 0 Å². The van der Waals surface area contributed by atoms with Crippen LogP contribution in [0, 0.1) is 5.92 Å². The summed E-state index contributed by atoms with van der Waals surface area (Å²) in [6.45, 7) is 3.70. The number of hydrogen-bond acceptors (Lipinski definition) is 4. The molecule has 0 saturated carbocycles. The fraction of sp³-hybridized carbons (Fsp3) is 0.333. The van der Waals surface area contributed by atoms with Crippen molar-refractivity contribution in [2.45, 2.75) is 20.3 Å². The number of hydrogen-bond donors (Lipinski definition) is 3. The molecule has 1 aromatic rings. The molecule has 0 spiro atoms. The molecule has 0 aliphatic heterocycles. The number of phenolic OH excluding ortho intramolecular Hbond substituents is 1. The van der Waals surface area contributed by atoms with E-state index in [4.69, 9.17) is 5.21 Å². The molecular weight excluding hydrogens is 222 g/mol. The molecule has 0 fully saturated rings. The van der Waals surface area contributed by atoms with Gasteiger partial charge in [-0.25, -0.2) is 5.48 Å². The first-order valence-corrected chi connectivity index (χ1v) is 5.32. The quantitative estimate of drug-likeness (QED) is 0.423. The molecule has 0 radical (unpaired) electrons. The van der Waals surface area contributed by atoms with Crippen LogP contribution in [0.3, 0.4) is 0 Å². The summed E-state index contributed by atoms with van der Waals surface area (Å²) >= 11 is 0. The number of ketones is 1. The standard InChI is InChI=1S/C12H15NO4/c1-3-7(2)11(15)8-4-5-9(10(14)6-8)12(16)13-17/h4-7,14,17H,3H2,1-2H3,(H,13,16). The number of aromatic hydroxyl groups is 1. The SMILES string of the molecule is CCC(C)C(=O)c1ccc(C(=O)NO)c(O)c1. The fourth-order valence-electron chi connectivity index (χ4n) is 1.41. The van der Waals surface area contributed by atoms with E-state index < -0.39 is 5.91 Å². The van der Waals surface area contributed by atoms with E-state index in [0.29, 0.717) is 12.0 Å². The van der Waals surface area contributed by atoms with Gasteiger partial charge in [-0.3, -0.25) is 14.8 Å². The Bertz CT molecular complexity index is 442. The normalized spacial score (nSPS) is 11.9. The second kappa shape index (κ2) is 5.45. The lowest BCUT2D eigenvalue weighted by Gasteiger charge is -2.09. The van der Waals surface area contributed by atoms with Crippen molar-refractivity contribution >= 4 is 11.7 Å². The van der Waals surface area contributed by atoms with E-state index in [0.717, 1.165) is 0 Å². The number of carbonyl (C=O) groups excluding carboxylic acids is 2. The highest BCUT2D eigenvalue weighted by Gasteiger charge is 2.17. The summed E-state index contributed by atoms with van der Waals surface area (Å²) in [7, 11) is 0. The Morgan fingerprint density at radius 3 is 2.53 bits per heavy atom. The van der Waals surface area contributed by atoms with Gasteiger partial charge in [0.05, 0.1) is 5.56 Å². The Balaban J connectivity index is 3.04. The van der Waals surface area contributed by atoms with Gasteiger partial charge >= 0.3 is 0 Å². The Morgan fingerprint density at radius 2 is 2.06 bits per heavy atom. The third kappa shape index (κ3) is 2.82. The van der Waals surface area contributed by atoms with E-state index in [2.05, 4.69) is 0 Å². The highest BCUT2D eigenvalue weighted by atomic mass is 16.5. The minimum absolute atomic E-state index is 0.0757. The smallest absolute Gasteiger partial charge is 0.278 e. The van der Waals surface area contributed by atoms with Crippen molar-refractivity contribution < 1.29 is 19.9 Å². The number of Topliss-reactive ketones (excluding diaryl/α,β-unsaturated/α-hetero) is 1. The first-order chi connectivity index (χ1) is 8.01. The summed E-state index contributed by atoms with van der Waals surface area (Å²) in [6, 6.07) is 3.99. The number of amides is 1. The van der Waals surface area contributed by atoms with Gasteiger partial charge in [0, 0.05) is 11.5 Å². The molecule has 0 heterocycles. The van der Waals surface area contributed by atoms with E-state index in [1.165, 1.54) is 23.7 Å². The van der Waals surface area contributed by atoms with Gasteiger partial charge in [-0.15, -0.1) is 0 Å². The molecule has 1 rings (SSSR count). The zero-order chi connectivity index (χ0) is 13.0. The van der Waals surface area contributed by atoms with Gasteiger partial charge < -0.3 is 5.11 Å². The van der Waals surface area contributed by atoms with Crippen molar-refractivity contribution in [2.24, 2.45) is 5.92 Å². The number of phenols is 1. The predicted octanol–water partition coefficient (Wildman–Crippen LogP) is 1.74. The molecule has 5 heteroatoms. The third-order valence-electron chi connectivity index (χ3n) is 2.69. The average molecular weight is 237 g/mol. The molecule has 5 nitrogen and oxygen atoms in total. The third-order valence-corrected chi connectivity index (χ3v) is 2.69. The van der Waals surface area contributed by atoms with Gasteiger partial charge in [0.15, 0.2) is 5.78 Å². The molecule has 0 aliphatic rings. The molecule has 1 amide bonds. The molecule has 0 saturated heterocycles. The van der Waals surface area contributed by atoms with E-state index in [9.17, 15) is 14.7 Å². The van der Waals surface area contributed by atoms with Gasteiger partial charge in [0.1, 0.15) is 5.75 Å². The highest BCUT2D eigenvalue weighted by molar-refractivity contribution is 6.01. The zero-order valence-corrected chi connectivity index (χ0v) is 9.73. The number of carbonyl (C=O) groups is 2. The van der Waals surface area contributed by atoms with Crippen LogP contribution in [0.15, 0.2) is 18.2 Å². The summed E-state index contributed by atoms with van der Waals surface area (Å²) in [5, 5.41) is 18.0. The van der Waals surface area contributed by atoms with Crippen molar-refractivity contribution in [2.75, 3.05) is 0 Å². The van der Waals surface area contributed by atoms with Crippen LogP contribution < -0.4 is 5.48 Å². The molecular formula is C12H15NO4. The van der Waals surface area contributed by atoms with Crippen LogP contribution in [0.2, 0.25) is 0 Å². The minimum atomic E-state index is -0.815. The Labute approximate surface area is 99.0 Å². The van der Waals surface area contributed by atoms with Crippen molar-refractivity contribution in [3.8, 4) is 5.75 Å². The maximum absolute atomic E-state index is 11.8. The van der Waals surface area contributed by atoms with Gasteiger partial charge in [0.25, 0.3) is 5.91 Å². The van der Waals surface area contributed by atoms with Crippen LogP contribution in [0.1, 0.15) is 41.0 Å². The van der Waals surface area contributed by atoms with Crippen LogP contribution in [-0.2, 0) is 0 Å². The second-order valence-electron chi connectivity index (χ2n) is 3.85. The summed E-state index contributed by atoms with van der Waals surface area (Å²) in [6.07, 6.45) is 0.707. The fourth-order valence-corrected chi connectivity index (χ4v) is 1.41. The van der Waals surface area contributed by atoms with Crippen molar-refractivity contribution in [1.82, 2.24) is 5.48 Å². The Hall–Kier alpha value is -1.88. The summed E-state index contributed by atoms with van der Waals surface area (Å²) in [5.74, 6) is -1.36. The predicted molar refractivity (Wildman–Crippen MR) is 61.1 cm³/mol. The highest BCUT2D eigenvalue weighted by Crippen LogP contribution is 2.21. The first kappa shape index (κ1) is 13.2. The van der Waals surface area contributed by atoms with E-state index >= 15 is 0 Å². The topological polar surface area (TPSA) is 86.6 Å². The van der Waals surface area contributed by atoms with Crippen molar-refractivity contribution in [3.05, 3.63) is 29.3 Å².